The monoisotopic (exact) mass is 675 g/mol. The maximum Gasteiger partial charge on any atom is 0.338 e. The van der Waals surface area contributed by atoms with Gasteiger partial charge in [-0.1, -0.05) is 17.7 Å². The van der Waals surface area contributed by atoms with Crippen LogP contribution in [0.2, 0.25) is 5.02 Å². The topological polar surface area (TPSA) is 140 Å². The number of carbonyl (C=O) groups is 3. The Kier molecular flexibility index (Phi) is 9.57. The van der Waals surface area contributed by atoms with Crippen molar-refractivity contribution >= 4 is 46.7 Å². The van der Waals surface area contributed by atoms with E-state index in [1.807, 2.05) is 20.1 Å². The number of ether oxygens (including phenoxy) is 2. The number of rotatable bonds is 10. The van der Waals surface area contributed by atoms with Crippen LogP contribution in [0.25, 0.3) is 0 Å². The van der Waals surface area contributed by atoms with Crippen molar-refractivity contribution in [2.24, 2.45) is 4.99 Å². The number of likely N-dealkylation sites (tertiary alicyclic amines) is 1. The molecule has 2 aromatic rings. The first-order chi connectivity index (χ1) is 22.2. The number of esters is 1. The minimum atomic E-state index is -0.898. The molecule has 2 amide bonds. The van der Waals surface area contributed by atoms with Crippen molar-refractivity contribution in [2.75, 3.05) is 66.6 Å². The van der Waals surface area contributed by atoms with Crippen molar-refractivity contribution in [3.8, 4) is 0 Å². The number of nitrogens with one attached hydrogen (secondary N) is 1. The van der Waals surface area contributed by atoms with E-state index in [1.165, 1.54) is 36.6 Å². The second-order valence-electron chi connectivity index (χ2n) is 11.6. The Hall–Kier alpha value is -3.63. The van der Waals surface area contributed by atoms with Gasteiger partial charge in [0.2, 0.25) is 0 Å². The second-order valence-corrected chi connectivity index (χ2v) is 12.9. The van der Waals surface area contributed by atoms with Crippen LogP contribution >= 0.6 is 22.9 Å². The number of carbonyl (C=O) groups excluding carboxylic acids is 2. The predicted octanol–water partition coefficient (Wildman–Crippen LogP) is 2.05. The molecule has 4 atom stereocenters. The summed E-state index contributed by atoms with van der Waals surface area (Å²) in [6.07, 6.45) is 2.02. The molecule has 16 heteroatoms. The number of benzene rings is 1. The molecule has 0 bridgehead atoms. The highest BCUT2D eigenvalue weighted by Gasteiger charge is 2.48. The summed E-state index contributed by atoms with van der Waals surface area (Å²) in [5, 5.41) is 15.7. The molecule has 13 nitrogen and oxygen atoms in total. The smallest absolute Gasteiger partial charge is 0.338 e. The quantitative estimate of drug-likeness (QED) is 0.360. The fourth-order valence-corrected chi connectivity index (χ4v) is 7.61. The van der Waals surface area contributed by atoms with E-state index >= 15 is 0 Å². The zero-order valence-electron chi connectivity index (χ0n) is 25.4. The summed E-state index contributed by atoms with van der Waals surface area (Å²) >= 11 is 7.86. The molecule has 3 fully saturated rings. The molecule has 2 unspecified atom stereocenters. The number of urea groups is 1. The van der Waals surface area contributed by atoms with Crippen molar-refractivity contribution in [1.29, 1.82) is 0 Å². The predicted molar refractivity (Wildman–Crippen MR) is 167 cm³/mol. The number of carboxylic acids is 1. The number of aliphatic imine (C=N–C) groups is 1. The summed E-state index contributed by atoms with van der Waals surface area (Å²) in [5.41, 5.74) is 1.26. The number of amidine groups is 1. The number of fused-ring (bicyclic) bond motifs is 1. The molecule has 2 N–H and O–H groups in total. The van der Waals surface area contributed by atoms with E-state index < -0.39 is 29.8 Å². The number of carboxylic acid groups (broad SMARTS) is 1. The average Bonchev–Trinajstić information content (AvgIpc) is 3.79. The van der Waals surface area contributed by atoms with E-state index in [1.54, 1.807) is 13.3 Å². The SMILES string of the molecule is COCCN1C[C@@H](N2CC3CN(CC4=C(C(=O)OC)C(c5ccc(F)cc5Cl)N=C(c5nccs5)N4)CCN3C2=O)C[C@@H]1C(=O)O. The van der Waals surface area contributed by atoms with Crippen LogP contribution in [0, 0.1) is 5.82 Å². The standard InChI is InChI=1S/C30H35ClFN7O6S/c1-44-9-8-37-14-18(12-23(37)28(40)41)39-15-19-13-36(6-7-38(19)30(39)43)16-22-24(29(42)45-2)25(20-4-3-17(32)11-21(20)31)35-26(34-22)27-33-5-10-46-27/h3-5,10-11,18-19,23,25H,6-9,12-16H2,1-2H3,(H,34,35)(H,40,41)/t18-,19?,23+,25?/m0/s1. The van der Waals surface area contributed by atoms with Gasteiger partial charge in [0, 0.05) is 86.8 Å². The number of aliphatic carboxylic acids is 1. The van der Waals surface area contributed by atoms with Gasteiger partial charge in [-0.05, 0) is 18.6 Å². The van der Waals surface area contributed by atoms with E-state index in [-0.39, 0.29) is 28.7 Å². The summed E-state index contributed by atoms with van der Waals surface area (Å²) in [5.74, 6) is -1.55. The lowest BCUT2D eigenvalue weighted by molar-refractivity contribution is -0.142. The largest absolute Gasteiger partial charge is 0.480 e. The number of thiazole rings is 1. The summed E-state index contributed by atoms with van der Waals surface area (Å²) in [7, 11) is 2.87. The van der Waals surface area contributed by atoms with Crippen LogP contribution in [0.5, 0.6) is 0 Å². The van der Waals surface area contributed by atoms with Gasteiger partial charge in [0.05, 0.1) is 25.3 Å². The van der Waals surface area contributed by atoms with Gasteiger partial charge in [0.15, 0.2) is 10.8 Å². The zero-order chi connectivity index (χ0) is 32.5. The first-order valence-corrected chi connectivity index (χ1v) is 16.2. The van der Waals surface area contributed by atoms with Gasteiger partial charge in [-0.3, -0.25) is 19.6 Å². The summed E-state index contributed by atoms with van der Waals surface area (Å²) < 4.78 is 24.4. The number of piperazine rings is 1. The van der Waals surface area contributed by atoms with Crippen molar-refractivity contribution in [2.45, 2.75) is 30.6 Å². The van der Waals surface area contributed by atoms with Gasteiger partial charge < -0.3 is 29.7 Å². The van der Waals surface area contributed by atoms with Crippen LogP contribution in [-0.2, 0) is 19.1 Å². The van der Waals surface area contributed by atoms with Crippen LogP contribution in [0.3, 0.4) is 0 Å². The van der Waals surface area contributed by atoms with E-state index in [0.29, 0.717) is 80.9 Å². The van der Waals surface area contributed by atoms with E-state index in [9.17, 15) is 23.9 Å². The van der Waals surface area contributed by atoms with E-state index in [4.69, 9.17) is 26.1 Å². The Morgan fingerprint density at radius 1 is 1.17 bits per heavy atom. The highest BCUT2D eigenvalue weighted by Crippen LogP contribution is 2.37. The molecule has 4 aliphatic heterocycles. The lowest BCUT2D eigenvalue weighted by Gasteiger charge is -2.38. The van der Waals surface area contributed by atoms with Crippen LogP contribution in [0.1, 0.15) is 23.0 Å². The Morgan fingerprint density at radius 3 is 2.70 bits per heavy atom. The van der Waals surface area contributed by atoms with Crippen LogP contribution in [-0.4, -0.2) is 138 Å². The molecule has 3 saturated heterocycles. The molecule has 46 heavy (non-hydrogen) atoms. The molecule has 5 heterocycles. The molecule has 0 saturated carbocycles. The first kappa shape index (κ1) is 32.3. The summed E-state index contributed by atoms with van der Waals surface area (Å²) in [6, 6.07) is 2.04. The number of hydrogen-bond acceptors (Lipinski definition) is 11. The lowest BCUT2D eigenvalue weighted by atomic mass is 9.95. The number of halogens is 2. The Labute approximate surface area is 274 Å². The third-order valence-corrected chi connectivity index (χ3v) is 10.1. The van der Waals surface area contributed by atoms with E-state index in [2.05, 4.69) is 15.2 Å². The van der Waals surface area contributed by atoms with Gasteiger partial charge in [-0.15, -0.1) is 11.3 Å². The van der Waals surface area contributed by atoms with Gasteiger partial charge in [0.25, 0.3) is 0 Å². The summed E-state index contributed by atoms with van der Waals surface area (Å²) in [6.45, 7) is 3.72. The molecule has 0 spiro atoms. The van der Waals surface area contributed by atoms with Gasteiger partial charge >= 0.3 is 18.0 Å². The van der Waals surface area contributed by atoms with Gasteiger partial charge in [-0.2, -0.15) is 0 Å². The Bertz CT molecular complexity index is 1560. The molecule has 1 aromatic carbocycles. The molecule has 1 aromatic heterocycles. The molecule has 0 aliphatic carbocycles. The maximum atomic E-state index is 14.0. The molecule has 4 aliphatic rings. The van der Waals surface area contributed by atoms with Crippen molar-refractivity contribution in [1.82, 2.24) is 29.9 Å². The molecule has 246 valence electrons. The molecule has 6 rings (SSSR count). The molecule has 0 radical (unpaired) electrons. The normalized spacial score (nSPS) is 25.5. The highest BCUT2D eigenvalue weighted by molar-refractivity contribution is 7.11. The number of methoxy groups -OCH3 is 2. The minimum Gasteiger partial charge on any atom is -0.480 e. The zero-order valence-corrected chi connectivity index (χ0v) is 27.0. The summed E-state index contributed by atoms with van der Waals surface area (Å²) in [4.78, 5) is 55.7. The second kappa shape index (κ2) is 13.6. The van der Waals surface area contributed by atoms with Crippen LogP contribution in [0.15, 0.2) is 46.0 Å². The van der Waals surface area contributed by atoms with Gasteiger partial charge in [0.1, 0.15) is 17.9 Å². The Balaban J connectivity index is 1.23. The molecular formula is C30H35ClFN7O6S. The van der Waals surface area contributed by atoms with Crippen molar-refractivity contribution in [3.05, 3.63) is 62.5 Å². The number of hydrogen-bond donors (Lipinski definition) is 2. The number of aromatic nitrogens is 1. The lowest BCUT2D eigenvalue weighted by Crippen LogP contribution is -2.53. The average molecular weight is 676 g/mol. The number of nitrogens with zero attached hydrogens (tertiary/aromatic N) is 6. The van der Waals surface area contributed by atoms with Gasteiger partial charge in [-0.25, -0.2) is 19.0 Å². The van der Waals surface area contributed by atoms with Crippen molar-refractivity contribution in [3.63, 3.8) is 0 Å². The highest BCUT2D eigenvalue weighted by atomic mass is 35.5. The first-order valence-electron chi connectivity index (χ1n) is 14.9. The van der Waals surface area contributed by atoms with Crippen LogP contribution in [0.4, 0.5) is 9.18 Å². The third kappa shape index (κ3) is 6.34. The third-order valence-electron chi connectivity index (χ3n) is 8.96. The van der Waals surface area contributed by atoms with Crippen LogP contribution < -0.4 is 5.32 Å². The minimum absolute atomic E-state index is 0.0816. The maximum absolute atomic E-state index is 14.0. The fraction of sp³-hybridized carbons (Fsp3) is 0.500. The Morgan fingerprint density at radius 2 is 2.00 bits per heavy atom. The van der Waals surface area contributed by atoms with E-state index in [0.717, 1.165) is 0 Å². The van der Waals surface area contributed by atoms with Crippen molar-refractivity contribution < 1.29 is 33.4 Å². The number of amides is 2. The molecular weight excluding hydrogens is 641 g/mol. The fourth-order valence-electron chi connectivity index (χ4n) is 6.76.